The van der Waals surface area contributed by atoms with Crippen LogP contribution >= 0.6 is 34.8 Å². The summed E-state index contributed by atoms with van der Waals surface area (Å²) in [4.78, 5) is 0. The molecule has 15 heavy (non-hydrogen) atoms. The molecule has 0 aliphatic carbocycles. The van der Waals surface area contributed by atoms with Gasteiger partial charge in [-0.25, -0.2) is 13.6 Å². The minimum absolute atomic E-state index is 2.97. The van der Waals surface area contributed by atoms with Crippen LogP contribution in [-0.4, -0.2) is 23.8 Å². The van der Waals surface area contributed by atoms with E-state index in [4.69, 9.17) is 0 Å². The van der Waals surface area contributed by atoms with Crippen molar-refractivity contribution in [1.29, 1.82) is 0 Å². The van der Waals surface area contributed by atoms with Crippen LogP contribution in [0.3, 0.4) is 0 Å². The van der Waals surface area contributed by atoms with Crippen molar-refractivity contribution in [1.82, 2.24) is 0 Å². The largest absolute Gasteiger partial charge is 0.448 e. The normalized spacial score (nSPS) is 15.5. The quantitative estimate of drug-likeness (QED) is 0.638. The van der Waals surface area contributed by atoms with Gasteiger partial charge in [0.15, 0.2) is 0 Å². The van der Waals surface area contributed by atoms with Crippen molar-refractivity contribution in [2.75, 3.05) is 0 Å². The Morgan fingerprint density at radius 3 is 1.60 bits per heavy atom. The maximum atomic E-state index is 12.5. The van der Waals surface area contributed by atoms with Gasteiger partial charge in [0.1, 0.15) is 0 Å². The summed E-state index contributed by atoms with van der Waals surface area (Å²) in [6.07, 6.45) is -5.58. The topological polar surface area (TPSA) is 69.4 Å². The molecule has 0 fully saturated rings. The molecule has 0 spiro atoms. The molecule has 0 amide bonds. The third-order valence-corrected chi connectivity index (χ3v) is 2.12. The highest BCUT2D eigenvalue weighted by Gasteiger charge is 2.68. The maximum Gasteiger partial charge on any atom is 0.448 e. The van der Waals surface area contributed by atoms with Gasteiger partial charge in [0, 0.05) is 0 Å². The van der Waals surface area contributed by atoms with Gasteiger partial charge in [-0.1, -0.05) is 34.8 Å². The zero-order valence-corrected chi connectivity index (χ0v) is 9.44. The molecule has 0 rings (SSSR count). The molecule has 92 valence electrons. The molecule has 0 bridgehead atoms. The lowest BCUT2D eigenvalue weighted by Crippen LogP contribution is -2.53. The fourth-order valence-electron chi connectivity index (χ4n) is 0.370. The Balaban J connectivity index is 5.21. The van der Waals surface area contributed by atoms with Crippen molar-refractivity contribution < 1.29 is 30.7 Å². The van der Waals surface area contributed by atoms with E-state index in [2.05, 4.69) is 44.7 Å². The monoisotopic (exact) mass is 313 g/mol. The lowest BCUT2D eigenvalue weighted by Gasteiger charge is -2.26. The molecule has 12 heteroatoms. The van der Waals surface area contributed by atoms with Crippen LogP contribution in [0.2, 0.25) is 0 Å². The number of ether oxygens (including phenoxy) is 1. The van der Waals surface area contributed by atoms with E-state index in [1.54, 1.807) is 0 Å². The minimum Gasteiger partial charge on any atom is -0.264 e. The molecule has 2 N–H and O–H groups in total. The van der Waals surface area contributed by atoms with E-state index >= 15 is 0 Å². The second-order valence-corrected chi connectivity index (χ2v) is 5.91. The van der Waals surface area contributed by atoms with Crippen LogP contribution in [0, 0.1) is 0 Å². The highest BCUT2D eigenvalue weighted by atomic mass is 35.6. The fraction of sp³-hybridized carbons (Fsp3) is 1.00. The maximum absolute atomic E-state index is 12.5. The molecular weight excluding hydrogens is 312 g/mol. The standard InChI is InChI=1S/C3H2Cl3F4NO3S/c4-3(5,6)14-1(7,8)2(9,10)15(11,12)13/h(H2,11,12,13). The van der Waals surface area contributed by atoms with Crippen molar-refractivity contribution in [2.24, 2.45) is 5.14 Å². The average Bonchev–Trinajstić information content (AvgIpc) is 1.77. The van der Waals surface area contributed by atoms with E-state index in [1.807, 2.05) is 0 Å². The lowest BCUT2D eigenvalue weighted by molar-refractivity contribution is -0.320. The van der Waals surface area contributed by atoms with Gasteiger partial charge in [0.05, 0.1) is 0 Å². The molecule has 0 aromatic heterocycles. The molecule has 0 aliphatic heterocycles. The summed E-state index contributed by atoms with van der Waals surface area (Å²) in [6.45, 7) is 0. The SMILES string of the molecule is NS(=O)(=O)C(F)(F)C(F)(F)OC(Cl)(Cl)Cl. The molecule has 0 unspecified atom stereocenters. The third kappa shape index (κ3) is 3.75. The van der Waals surface area contributed by atoms with Gasteiger partial charge < -0.3 is 0 Å². The Hall–Kier alpha value is 0.460. The van der Waals surface area contributed by atoms with Crippen molar-refractivity contribution >= 4 is 44.8 Å². The summed E-state index contributed by atoms with van der Waals surface area (Å²) < 4.78 is 70.0. The van der Waals surface area contributed by atoms with Gasteiger partial charge in [-0.05, 0) is 0 Å². The Kier molecular flexibility index (Phi) is 4.17. The van der Waals surface area contributed by atoms with Crippen LogP contribution < -0.4 is 5.14 Å². The van der Waals surface area contributed by atoms with Crippen LogP contribution in [0.4, 0.5) is 17.6 Å². The number of alkyl halides is 7. The first-order valence-corrected chi connectivity index (χ1v) is 5.43. The van der Waals surface area contributed by atoms with Gasteiger partial charge in [-0.2, -0.15) is 17.6 Å². The number of sulfonamides is 1. The third-order valence-electron chi connectivity index (χ3n) is 0.940. The van der Waals surface area contributed by atoms with Crippen molar-refractivity contribution in [3.63, 3.8) is 0 Å². The molecule has 0 atom stereocenters. The highest BCUT2D eigenvalue weighted by molar-refractivity contribution is 7.90. The molecule has 0 heterocycles. The van der Waals surface area contributed by atoms with Crippen molar-refractivity contribution in [2.45, 2.75) is 15.3 Å². The molecule has 0 aromatic rings. The second-order valence-electron chi connectivity index (χ2n) is 2.13. The van der Waals surface area contributed by atoms with Crippen LogP contribution in [0.1, 0.15) is 0 Å². The number of nitrogens with two attached hydrogens (primary N) is 1. The van der Waals surface area contributed by atoms with Gasteiger partial charge >= 0.3 is 15.3 Å². The summed E-state index contributed by atoms with van der Waals surface area (Å²) in [6, 6.07) is 0. The molecular formula is C3H2Cl3F4NO3S. The number of halogens is 7. The first-order chi connectivity index (χ1) is 6.21. The number of primary sulfonamides is 1. The van der Waals surface area contributed by atoms with Crippen molar-refractivity contribution in [3.05, 3.63) is 0 Å². The fourth-order valence-corrected chi connectivity index (χ4v) is 1.03. The Morgan fingerprint density at radius 1 is 1.07 bits per heavy atom. The van der Waals surface area contributed by atoms with Gasteiger partial charge in [0.2, 0.25) is 0 Å². The van der Waals surface area contributed by atoms with E-state index < -0.39 is 25.4 Å². The summed E-state index contributed by atoms with van der Waals surface area (Å²) in [7, 11) is -5.92. The van der Waals surface area contributed by atoms with E-state index in [1.165, 1.54) is 0 Å². The van der Waals surface area contributed by atoms with E-state index in [0.29, 0.717) is 0 Å². The summed E-state index contributed by atoms with van der Waals surface area (Å²) in [5.41, 5.74) is 0. The molecule has 0 aliphatic rings. The summed E-state index contributed by atoms with van der Waals surface area (Å²) in [5.74, 6) is 0. The predicted molar refractivity (Wildman–Crippen MR) is 44.4 cm³/mol. The zero-order chi connectivity index (χ0) is 12.7. The van der Waals surface area contributed by atoms with E-state index in [-0.39, 0.29) is 0 Å². The number of hydrogen-bond donors (Lipinski definition) is 1. The molecule has 0 radical (unpaired) electrons. The van der Waals surface area contributed by atoms with E-state index in [9.17, 15) is 26.0 Å². The van der Waals surface area contributed by atoms with Crippen LogP contribution in [0.15, 0.2) is 0 Å². The molecule has 0 saturated carbocycles. The van der Waals surface area contributed by atoms with Crippen LogP contribution in [0.25, 0.3) is 0 Å². The second kappa shape index (κ2) is 4.04. The zero-order valence-electron chi connectivity index (χ0n) is 6.36. The van der Waals surface area contributed by atoms with Crippen molar-refractivity contribution in [3.8, 4) is 0 Å². The Bertz CT molecular complexity index is 339. The van der Waals surface area contributed by atoms with Crippen LogP contribution in [-0.2, 0) is 14.8 Å². The Labute approximate surface area is 96.3 Å². The summed E-state index contributed by atoms with van der Waals surface area (Å²) in [5, 5.41) is -1.87. The average molecular weight is 314 g/mol. The summed E-state index contributed by atoms with van der Waals surface area (Å²) >= 11 is 13.9. The van der Waals surface area contributed by atoms with Gasteiger partial charge in [-0.3, -0.25) is 4.74 Å². The Morgan fingerprint density at radius 2 is 1.40 bits per heavy atom. The highest BCUT2D eigenvalue weighted by Crippen LogP contribution is 2.44. The predicted octanol–water partition coefficient (Wildman–Crippen LogP) is 1.80. The minimum atomic E-state index is -5.92. The van der Waals surface area contributed by atoms with Crippen LogP contribution in [0.5, 0.6) is 0 Å². The first kappa shape index (κ1) is 15.5. The van der Waals surface area contributed by atoms with Gasteiger partial charge in [-0.15, -0.1) is 0 Å². The van der Waals surface area contributed by atoms with E-state index in [0.717, 1.165) is 0 Å². The molecule has 0 aromatic carbocycles. The molecule has 4 nitrogen and oxygen atoms in total. The number of rotatable bonds is 3. The first-order valence-electron chi connectivity index (χ1n) is 2.75. The lowest BCUT2D eigenvalue weighted by atomic mass is 10.6. The number of hydrogen-bond acceptors (Lipinski definition) is 3. The van der Waals surface area contributed by atoms with Gasteiger partial charge in [0.25, 0.3) is 10.0 Å². The molecule has 0 saturated heterocycles. The smallest absolute Gasteiger partial charge is 0.264 e.